The first-order chi connectivity index (χ1) is 3.79. The fourth-order valence-corrected chi connectivity index (χ4v) is 0.556. The van der Waals surface area contributed by atoms with Crippen LogP contribution in [-0.4, -0.2) is 5.91 Å². The molecule has 8 heavy (non-hydrogen) atoms. The molecule has 1 amide bonds. The number of hydroxylamine groups is 1. The van der Waals surface area contributed by atoms with Gasteiger partial charge in [0.1, 0.15) is 6.26 Å². The maximum absolute atomic E-state index is 10.3. The van der Waals surface area contributed by atoms with Crippen LogP contribution in [0.25, 0.3) is 0 Å². The van der Waals surface area contributed by atoms with E-state index in [4.69, 9.17) is 11.6 Å². The maximum Gasteiger partial charge on any atom is 0.258 e. The van der Waals surface area contributed by atoms with Crippen LogP contribution in [0, 0.1) is 0 Å². The molecule has 1 aliphatic heterocycles. The molecule has 0 aromatic rings. The van der Waals surface area contributed by atoms with Gasteiger partial charge in [0, 0.05) is 0 Å². The predicted octanol–water partition coefficient (Wildman–Crippen LogP) is 0.518. The zero-order valence-corrected chi connectivity index (χ0v) is 4.73. The Labute approximate surface area is 51.2 Å². The van der Waals surface area contributed by atoms with Crippen LogP contribution < -0.4 is 5.48 Å². The van der Waals surface area contributed by atoms with Gasteiger partial charge in [-0.05, 0) is 0 Å². The zero-order chi connectivity index (χ0) is 5.98. The summed E-state index contributed by atoms with van der Waals surface area (Å²) < 4.78 is 0. The van der Waals surface area contributed by atoms with Gasteiger partial charge in [-0.3, -0.25) is 4.79 Å². The smallest absolute Gasteiger partial charge is 0.258 e. The van der Waals surface area contributed by atoms with E-state index in [0.29, 0.717) is 5.03 Å². The SMILES string of the molecule is O=C1CC(Cl)=CON1. The van der Waals surface area contributed by atoms with Crippen molar-refractivity contribution in [2.45, 2.75) is 6.42 Å². The monoisotopic (exact) mass is 133 g/mol. The van der Waals surface area contributed by atoms with Crippen LogP contribution in [0.1, 0.15) is 6.42 Å². The van der Waals surface area contributed by atoms with E-state index < -0.39 is 0 Å². The average molecular weight is 134 g/mol. The molecule has 0 saturated heterocycles. The second kappa shape index (κ2) is 2.05. The first kappa shape index (κ1) is 5.44. The lowest BCUT2D eigenvalue weighted by Crippen LogP contribution is -2.24. The molecular formula is C4H4ClNO2. The largest absolute Gasteiger partial charge is 0.386 e. The minimum atomic E-state index is -0.211. The van der Waals surface area contributed by atoms with Gasteiger partial charge in [0.05, 0.1) is 11.5 Å². The summed E-state index contributed by atoms with van der Waals surface area (Å²) >= 11 is 5.39. The van der Waals surface area contributed by atoms with E-state index in [9.17, 15) is 4.79 Å². The zero-order valence-electron chi connectivity index (χ0n) is 3.98. The number of carbonyl (C=O) groups excluding carboxylic acids is 1. The third-order valence-corrected chi connectivity index (χ3v) is 0.912. The molecule has 1 rings (SSSR count). The third kappa shape index (κ3) is 1.13. The van der Waals surface area contributed by atoms with E-state index in [1.54, 1.807) is 0 Å². The topological polar surface area (TPSA) is 38.3 Å². The van der Waals surface area contributed by atoms with Crippen molar-refractivity contribution in [1.82, 2.24) is 5.48 Å². The normalized spacial score (nSPS) is 18.6. The molecule has 0 aliphatic carbocycles. The van der Waals surface area contributed by atoms with Crippen molar-refractivity contribution in [3.8, 4) is 0 Å². The average Bonchev–Trinajstić information content (AvgIpc) is 1.64. The van der Waals surface area contributed by atoms with Crippen LogP contribution in [-0.2, 0) is 9.63 Å². The predicted molar refractivity (Wildman–Crippen MR) is 27.8 cm³/mol. The van der Waals surface area contributed by atoms with Crippen LogP contribution in [0.4, 0.5) is 0 Å². The molecular weight excluding hydrogens is 130 g/mol. The lowest BCUT2D eigenvalue weighted by atomic mass is 10.4. The molecule has 0 atom stereocenters. The first-order valence-electron chi connectivity index (χ1n) is 2.08. The van der Waals surface area contributed by atoms with E-state index in [1.165, 1.54) is 6.26 Å². The second-order valence-electron chi connectivity index (χ2n) is 1.38. The summed E-state index contributed by atoms with van der Waals surface area (Å²) in [6, 6.07) is 0. The number of hydrogen-bond acceptors (Lipinski definition) is 2. The maximum atomic E-state index is 10.3. The molecule has 0 aromatic heterocycles. The molecule has 1 N–H and O–H groups in total. The number of halogens is 1. The van der Waals surface area contributed by atoms with Crippen molar-refractivity contribution < 1.29 is 9.63 Å². The van der Waals surface area contributed by atoms with E-state index >= 15 is 0 Å². The molecule has 0 radical (unpaired) electrons. The minimum Gasteiger partial charge on any atom is -0.386 e. The van der Waals surface area contributed by atoms with Gasteiger partial charge in [-0.2, -0.15) is 5.48 Å². The highest BCUT2D eigenvalue weighted by molar-refractivity contribution is 6.30. The summed E-state index contributed by atoms with van der Waals surface area (Å²) in [4.78, 5) is 14.7. The van der Waals surface area contributed by atoms with Crippen molar-refractivity contribution in [3.63, 3.8) is 0 Å². The third-order valence-electron chi connectivity index (χ3n) is 0.689. The van der Waals surface area contributed by atoms with Gasteiger partial charge in [-0.25, -0.2) is 0 Å². The Morgan fingerprint density at radius 3 is 3.00 bits per heavy atom. The van der Waals surface area contributed by atoms with Crippen LogP contribution in [0.3, 0.4) is 0 Å². The highest BCUT2D eigenvalue weighted by Crippen LogP contribution is 2.09. The molecule has 0 bridgehead atoms. The molecule has 0 saturated carbocycles. The van der Waals surface area contributed by atoms with E-state index in [1.807, 2.05) is 0 Å². The highest BCUT2D eigenvalue weighted by atomic mass is 35.5. The van der Waals surface area contributed by atoms with Gasteiger partial charge >= 0.3 is 0 Å². The number of carbonyl (C=O) groups is 1. The number of hydrogen-bond donors (Lipinski definition) is 1. The van der Waals surface area contributed by atoms with Gasteiger partial charge < -0.3 is 4.84 Å². The Hall–Kier alpha value is -0.700. The molecule has 4 heteroatoms. The Kier molecular flexibility index (Phi) is 1.39. The first-order valence-corrected chi connectivity index (χ1v) is 2.46. The van der Waals surface area contributed by atoms with Crippen molar-refractivity contribution in [2.24, 2.45) is 0 Å². The quantitative estimate of drug-likeness (QED) is 0.523. The fourth-order valence-electron chi connectivity index (χ4n) is 0.390. The standard InChI is InChI=1S/C4H4ClNO2/c5-3-1-4(7)6-8-2-3/h2H,1H2,(H,6,7). The van der Waals surface area contributed by atoms with E-state index in [2.05, 4.69) is 10.3 Å². The summed E-state index contributed by atoms with van der Waals surface area (Å²) in [5, 5.41) is 0.425. The molecule has 44 valence electrons. The van der Waals surface area contributed by atoms with Crippen molar-refractivity contribution in [1.29, 1.82) is 0 Å². The molecule has 0 unspecified atom stereocenters. The van der Waals surface area contributed by atoms with Gasteiger partial charge in [0.25, 0.3) is 5.91 Å². The van der Waals surface area contributed by atoms with Crippen LogP contribution in [0.2, 0.25) is 0 Å². The molecule has 0 spiro atoms. The van der Waals surface area contributed by atoms with Gasteiger partial charge in [-0.15, -0.1) is 0 Å². The van der Waals surface area contributed by atoms with Gasteiger partial charge in [-0.1, -0.05) is 11.6 Å². The Morgan fingerprint density at radius 1 is 1.88 bits per heavy atom. The molecule has 1 aliphatic rings. The number of nitrogens with one attached hydrogen (secondary N) is 1. The summed E-state index contributed by atoms with van der Waals surface area (Å²) in [6.45, 7) is 0. The molecule has 1 heterocycles. The van der Waals surface area contributed by atoms with Gasteiger partial charge in [0.15, 0.2) is 0 Å². The van der Waals surface area contributed by atoms with Crippen molar-refractivity contribution >= 4 is 17.5 Å². The van der Waals surface area contributed by atoms with Crippen LogP contribution in [0.15, 0.2) is 11.3 Å². The summed E-state index contributed by atoms with van der Waals surface area (Å²) in [5.41, 5.74) is 2.11. The lowest BCUT2D eigenvalue weighted by molar-refractivity contribution is -0.130. The number of amides is 1. The highest BCUT2D eigenvalue weighted by Gasteiger charge is 2.08. The Bertz CT molecular complexity index is 143. The van der Waals surface area contributed by atoms with Crippen LogP contribution in [0.5, 0.6) is 0 Å². The van der Waals surface area contributed by atoms with Gasteiger partial charge in [0.2, 0.25) is 0 Å². The lowest BCUT2D eigenvalue weighted by Gasteiger charge is -2.07. The summed E-state index contributed by atoms with van der Waals surface area (Å²) in [7, 11) is 0. The Morgan fingerprint density at radius 2 is 2.62 bits per heavy atom. The Balaban J connectivity index is 2.57. The fraction of sp³-hybridized carbons (Fsp3) is 0.250. The molecule has 3 nitrogen and oxygen atoms in total. The number of rotatable bonds is 0. The summed E-state index contributed by atoms with van der Waals surface area (Å²) in [5.74, 6) is -0.211. The van der Waals surface area contributed by atoms with E-state index in [-0.39, 0.29) is 12.3 Å². The van der Waals surface area contributed by atoms with Crippen molar-refractivity contribution in [3.05, 3.63) is 11.3 Å². The summed E-state index contributed by atoms with van der Waals surface area (Å²) in [6.07, 6.45) is 1.52. The van der Waals surface area contributed by atoms with Crippen LogP contribution >= 0.6 is 11.6 Å². The second-order valence-corrected chi connectivity index (χ2v) is 1.87. The minimum absolute atomic E-state index is 0.211. The van der Waals surface area contributed by atoms with E-state index in [0.717, 1.165) is 0 Å². The molecule has 0 aromatic carbocycles. The molecule has 0 fully saturated rings. The van der Waals surface area contributed by atoms with Crippen molar-refractivity contribution in [2.75, 3.05) is 0 Å².